The second-order valence-corrected chi connectivity index (χ2v) is 4.91. The highest BCUT2D eigenvalue weighted by Gasteiger charge is 2.06. The first kappa shape index (κ1) is 13.8. The van der Waals surface area contributed by atoms with E-state index >= 15 is 0 Å². The third-order valence-corrected chi connectivity index (χ3v) is 3.14. The Kier molecular flexibility index (Phi) is 4.40. The Morgan fingerprint density at radius 1 is 1.26 bits per heavy atom. The van der Waals surface area contributed by atoms with Crippen molar-refractivity contribution in [1.29, 1.82) is 0 Å². The summed E-state index contributed by atoms with van der Waals surface area (Å²) in [5, 5.41) is 13.3. The second kappa shape index (κ2) is 6.04. The summed E-state index contributed by atoms with van der Waals surface area (Å²) in [5.74, 6) is -0.501. The van der Waals surface area contributed by atoms with Crippen LogP contribution in [0.15, 0.2) is 42.5 Å². The molecular formula is C15H15ClFNO. The van der Waals surface area contributed by atoms with Gasteiger partial charge in [0.15, 0.2) is 0 Å². The zero-order chi connectivity index (χ0) is 13.8. The highest BCUT2D eigenvalue weighted by molar-refractivity contribution is 6.30. The molecular weight excluding hydrogens is 265 g/mol. The van der Waals surface area contributed by atoms with E-state index in [9.17, 15) is 9.50 Å². The summed E-state index contributed by atoms with van der Waals surface area (Å²) in [4.78, 5) is 0. The molecule has 2 rings (SSSR count). The SMILES string of the molecule is C[C@@H](NCc1cc(O)cc(F)c1)c1cccc(Cl)c1. The second-order valence-electron chi connectivity index (χ2n) is 4.48. The molecule has 0 aliphatic rings. The van der Waals surface area contributed by atoms with Crippen molar-refractivity contribution >= 4 is 11.6 Å². The standard InChI is InChI=1S/C15H15ClFNO/c1-10(12-3-2-4-13(16)7-12)18-9-11-5-14(17)8-15(19)6-11/h2-8,10,18-19H,9H2,1H3/t10-/m1/s1. The van der Waals surface area contributed by atoms with Crippen molar-refractivity contribution in [3.05, 3.63) is 64.4 Å². The highest BCUT2D eigenvalue weighted by Crippen LogP contribution is 2.19. The number of benzene rings is 2. The van der Waals surface area contributed by atoms with Crippen molar-refractivity contribution < 1.29 is 9.50 Å². The van der Waals surface area contributed by atoms with Crippen LogP contribution >= 0.6 is 11.6 Å². The Hall–Kier alpha value is -1.58. The summed E-state index contributed by atoms with van der Waals surface area (Å²) < 4.78 is 13.1. The lowest BCUT2D eigenvalue weighted by Gasteiger charge is -2.14. The van der Waals surface area contributed by atoms with E-state index in [-0.39, 0.29) is 11.8 Å². The molecule has 1 atom stereocenters. The molecule has 19 heavy (non-hydrogen) atoms. The lowest BCUT2D eigenvalue weighted by molar-refractivity contribution is 0.466. The van der Waals surface area contributed by atoms with Crippen LogP contribution in [0.25, 0.3) is 0 Å². The first-order valence-electron chi connectivity index (χ1n) is 6.02. The summed E-state index contributed by atoms with van der Waals surface area (Å²) in [6.07, 6.45) is 0. The van der Waals surface area contributed by atoms with Crippen LogP contribution in [0.1, 0.15) is 24.1 Å². The largest absolute Gasteiger partial charge is 0.508 e. The lowest BCUT2D eigenvalue weighted by Crippen LogP contribution is -2.18. The lowest BCUT2D eigenvalue weighted by atomic mass is 10.1. The molecule has 100 valence electrons. The van der Waals surface area contributed by atoms with Crippen LogP contribution in [0, 0.1) is 5.82 Å². The number of hydrogen-bond donors (Lipinski definition) is 2. The maximum atomic E-state index is 13.1. The first-order chi connectivity index (χ1) is 9.04. The van der Waals surface area contributed by atoms with Gasteiger partial charge < -0.3 is 10.4 Å². The Morgan fingerprint density at radius 3 is 2.74 bits per heavy atom. The van der Waals surface area contributed by atoms with E-state index in [1.165, 1.54) is 6.07 Å². The number of phenolic OH excluding ortho intramolecular Hbond substituents is 1. The molecule has 2 nitrogen and oxygen atoms in total. The van der Waals surface area contributed by atoms with Crippen LogP contribution in [0.4, 0.5) is 4.39 Å². The number of halogens is 2. The average molecular weight is 280 g/mol. The molecule has 0 heterocycles. The van der Waals surface area contributed by atoms with Gasteiger partial charge in [0.2, 0.25) is 0 Å². The van der Waals surface area contributed by atoms with Crippen molar-refractivity contribution in [1.82, 2.24) is 5.32 Å². The van der Waals surface area contributed by atoms with Gasteiger partial charge in [0.05, 0.1) is 0 Å². The van der Waals surface area contributed by atoms with Crippen molar-refractivity contribution in [2.75, 3.05) is 0 Å². The number of aromatic hydroxyl groups is 1. The fourth-order valence-corrected chi connectivity index (χ4v) is 2.10. The molecule has 0 aliphatic carbocycles. The number of nitrogens with one attached hydrogen (secondary N) is 1. The maximum absolute atomic E-state index is 13.1. The zero-order valence-electron chi connectivity index (χ0n) is 10.5. The summed E-state index contributed by atoms with van der Waals surface area (Å²) in [6.45, 7) is 2.48. The molecule has 0 amide bonds. The van der Waals surface area contributed by atoms with Crippen molar-refractivity contribution in [3.63, 3.8) is 0 Å². The van der Waals surface area contributed by atoms with Gasteiger partial charge >= 0.3 is 0 Å². The van der Waals surface area contributed by atoms with Crippen molar-refractivity contribution in [2.45, 2.75) is 19.5 Å². The van der Waals surface area contributed by atoms with E-state index in [2.05, 4.69) is 5.32 Å². The fourth-order valence-electron chi connectivity index (χ4n) is 1.90. The van der Waals surface area contributed by atoms with E-state index in [0.29, 0.717) is 17.1 Å². The first-order valence-corrected chi connectivity index (χ1v) is 6.39. The van der Waals surface area contributed by atoms with Crippen LogP contribution in [0.2, 0.25) is 5.02 Å². The molecule has 2 aromatic carbocycles. The van der Waals surface area contributed by atoms with Gasteiger partial charge in [-0.05, 0) is 42.3 Å². The monoisotopic (exact) mass is 279 g/mol. The van der Waals surface area contributed by atoms with Gasteiger partial charge in [-0.25, -0.2) is 4.39 Å². The minimum absolute atomic E-state index is 0.0628. The van der Waals surface area contributed by atoms with Crippen LogP contribution in [-0.4, -0.2) is 5.11 Å². The predicted molar refractivity (Wildman–Crippen MR) is 74.8 cm³/mol. The molecule has 2 N–H and O–H groups in total. The molecule has 0 bridgehead atoms. The number of rotatable bonds is 4. The highest BCUT2D eigenvalue weighted by atomic mass is 35.5. The molecule has 2 aromatic rings. The van der Waals surface area contributed by atoms with Gasteiger partial charge in [-0.2, -0.15) is 0 Å². The summed E-state index contributed by atoms with van der Waals surface area (Å²) >= 11 is 5.94. The van der Waals surface area contributed by atoms with Gasteiger partial charge in [0.1, 0.15) is 11.6 Å². The van der Waals surface area contributed by atoms with Gasteiger partial charge in [-0.15, -0.1) is 0 Å². The average Bonchev–Trinajstić information content (AvgIpc) is 2.35. The molecule has 4 heteroatoms. The topological polar surface area (TPSA) is 32.3 Å². The van der Waals surface area contributed by atoms with E-state index in [1.54, 1.807) is 6.07 Å². The molecule has 0 fully saturated rings. The third kappa shape index (κ3) is 3.94. The smallest absolute Gasteiger partial charge is 0.127 e. The van der Waals surface area contributed by atoms with Crippen LogP contribution in [0.5, 0.6) is 5.75 Å². The van der Waals surface area contributed by atoms with Crippen molar-refractivity contribution in [3.8, 4) is 5.75 Å². The third-order valence-electron chi connectivity index (χ3n) is 2.90. The Morgan fingerprint density at radius 2 is 2.05 bits per heavy atom. The summed E-state index contributed by atoms with van der Waals surface area (Å²) in [6, 6.07) is 11.7. The molecule has 0 radical (unpaired) electrons. The van der Waals surface area contributed by atoms with Gasteiger partial charge in [-0.1, -0.05) is 23.7 Å². The minimum atomic E-state index is -0.438. The predicted octanol–water partition coefficient (Wildman–Crippen LogP) is 4.04. The minimum Gasteiger partial charge on any atom is -0.508 e. The Bertz CT molecular complexity index is 554. The summed E-state index contributed by atoms with van der Waals surface area (Å²) in [7, 11) is 0. The van der Waals surface area contributed by atoms with E-state index in [4.69, 9.17) is 11.6 Å². The van der Waals surface area contributed by atoms with E-state index < -0.39 is 5.82 Å². The van der Waals surface area contributed by atoms with Crippen LogP contribution in [0.3, 0.4) is 0 Å². The van der Waals surface area contributed by atoms with E-state index in [0.717, 1.165) is 11.6 Å². The number of phenols is 1. The molecule has 0 aliphatic heterocycles. The van der Waals surface area contributed by atoms with E-state index in [1.807, 2.05) is 31.2 Å². The summed E-state index contributed by atoms with van der Waals surface area (Å²) in [5.41, 5.74) is 1.76. The molecule has 0 saturated heterocycles. The molecule has 0 saturated carbocycles. The van der Waals surface area contributed by atoms with Gasteiger partial charge in [-0.3, -0.25) is 0 Å². The normalized spacial score (nSPS) is 12.4. The molecule has 0 aromatic heterocycles. The quantitative estimate of drug-likeness (QED) is 0.885. The van der Waals surface area contributed by atoms with Crippen LogP contribution < -0.4 is 5.32 Å². The fraction of sp³-hybridized carbons (Fsp3) is 0.200. The van der Waals surface area contributed by atoms with Crippen molar-refractivity contribution in [2.24, 2.45) is 0 Å². The Balaban J connectivity index is 2.02. The van der Waals surface area contributed by atoms with Gasteiger partial charge in [0.25, 0.3) is 0 Å². The maximum Gasteiger partial charge on any atom is 0.127 e. The zero-order valence-corrected chi connectivity index (χ0v) is 11.3. The van der Waals surface area contributed by atoms with Gasteiger partial charge in [0, 0.05) is 23.7 Å². The molecule has 0 spiro atoms. The van der Waals surface area contributed by atoms with Crippen LogP contribution in [-0.2, 0) is 6.54 Å². The molecule has 0 unspecified atom stereocenters. The Labute approximate surface area is 116 Å². The number of hydrogen-bond acceptors (Lipinski definition) is 2.